The topological polar surface area (TPSA) is 61.8 Å². The Bertz CT molecular complexity index is 483. The number of amides is 1. The Kier molecular flexibility index (Phi) is 8.08. The van der Waals surface area contributed by atoms with Crippen LogP contribution in [0.25, 0.3) is 0 Å². The Hall–Kier alpha value is -1.44. The quantitative estimate of drug-likeness (QED) is 0.727. The molecule has 0 aromatic heterocycles. The van der Waals surface area contributed by atoms with Crippen LogP contribution >= 0.6 is 11.6 Å². The first-order valence-electron chi connectivity index (χ1n) is 6.83. The van der Waals surface area contributed by atoms with E-state index in [-0.39, 0.29) is 29.8 Å². The molecule has 1 amide bonds. The highest BCUT2D eigenvalue weighted by Gasteiger charge is 2.12. The molecule has 8 heteroatoms. The van der Waals surface area contributed by atoms with Gasteiger partial charge in [-0.15, -0.1) is 0 Å². The van der Waals surface area contributed by atoms with Crippen molar-refractivity contribution in [2.24, 2.45) is 0 Å². The molecule has 5 nitrogen and oxygen atoms in total. The molecule has 0 aliphatic heterocycles. The summed E-state index contributed by atoms with van der Waals surface area (Å²) in [5.74, 6) is -0.428. The molecule has 1 aromatic carbocycles. The SMILES string of the molecule is CCCN(CCO)CC(=O)Nc1ccc(OC(F)F)c(Cl)c1. The zero-order valence-corrected chi connectivity index (χ0v) is 12.9. The van der Waals surface area contributed by atoms with Crippen molar-refractivity contribution in [3.05, 3.63) is 23.2 Å². The number of rotatable bonds is 9. The number of hydrogen-bond donors (Lipinski definition) is 2. The van der Waals surface area contributed by atoms with Crippen LogP contribution in [0, 0.1) is 0 Å². The predicted molar refractivity (Wildman–Crippen MR) is 80.5 cm³/mol. The second kappa shape index (κ2) is 9.55. The zero-order chi connectivity index (χ0) is 16.5. The summed E-state index contributed by atoms with van der Waals surface area (Å²) in [4.78, 5) is 13.7. The standard InChI is InChI=1S/C14H19ClF2N2O3/c1-2-5-19(6-7-20)9-13(21)18-10-3-4-12(11(15)8-10)22-14(16)17/h3-4,8,14,20H,2,5-7,9H2,1H3,(H,18,21). The van der Waals surface area contributed by atoms with Gasteiger partial charge in [-0.25, -0.2) is 0 Å². The van der Waals surface area contributed by atoms with Crippen LogP contribution in [0.3, 0.4) is 0 Å². The summed E-state index contributed by atoms with van der Waals surface area (Å²) in [5.41, 5.74) is 0.386. The average Bonchev–Trinajstić information content (AvgIpc) is 2.42. The summed E-state index contributed by atoms with van der Waals surface area (Å²) >= 11 is 5.81. The maximum Gasteiger partial charge on any atom is 0.387 e. The van der Waals surface area contributed by atoms with E-state index in [1.54, 1.807) is 0 Å². The second-order valence-electron chi connectivity index (χ2n) is 4.57. The third kappa shape index (κ3) is 6.55. The molecule has 0 aliphatic carbocycles. The van der Waals surface area contributed by atoms with E-state index >= 15 is 0 Å². The second-order valence-corrected chi connectivity index (χ2v) is 4.98. The fourth-order valence-electron chi connectivity index (χ4n) is 1.90. The minimum absolute atomic E-state index is 0.0149. The number of alkyl halides is 2. The molecule has 0 unspecified atom stereocenters. The van der Waals surface area contributed by atoms with Crippen LogP contribution in [0.15, 0.2) is 18.2 Å². The van der Waals surface area contributed by atoms with Crippen molar-refractivity contribution in [1.82, 2.24) is 4.90 Å². The fraction of sp³-hybridized carbons (Fsp3) is 0.500. The first-order valence-corrected chi connectivity index (χ1v) is 7.21. The van der Waals surface area contributed by atoms with Gasteiger partial charge in [0, 0.05) is 12.2 Å². The predicted octanol–water partition coefficient (Wildman–Crippen LogP) is 2.58. The average molecular weight is 337 g/mol. The van der Waals surface area contributed by atoms with Gasteiger partial charge in [0.2, 0.25) is 5.91 Å². The maximum atomic E-state index is 12.1. The van der Waals surface area contributed by atoms with E-state index in [0.717, 1.165) is 6.42 Å². The van der Waals surface area contributed by atoms with Gasteiger partial charge < -0.3 is 15.2 Å². The number of aliphatic hydroxyl groups is 1. The molecule has 0 radical (unpaired) electrons. The number of nitrogens with zero attached hydrogens (tertiary/aromatic N) is 1. The number of nitrogens with one attached hydrogen (secondary N) is 1. The number of aliphatic hydroxyl groups excluding tert-OH is 1. The van der Waals surface area contributed by atoms with E-state index < -0.39 is 6.61 Å². The molecule has 0 spiro atoms. The normalized spacial score (nSPS) is 11.0. The van der Waals surface area contributed by atoms with Crippen LogP contribution in [0.1, 0.15) is 13.3 Å². The number of anilines is 1. The smallest absolute Gasteiger partial charge is 0.387 e. The third-order valence-corrected chi connectivity index (χ3v) is 3.05. The van der Waals surface area contributed by atoms with E-state index in [2.05, 4.69) is 10.1 Å². The highest BCUT2D eigenvalue weighted by molar-refractivity contribution is 6.32. The van der Waals surface area contributed by atoms with Gasteiger partial charge in [0.05, 0.1) is 18.2 Å². The van der Waals surface area contributed by atoms with Crippen LogP contribution in [0.5, 0.6) is 5.75 Å². The van der Waals surface area contributed by atoms with Gasteiger partial charge in [-0.3, -0.25) is 9.69 Å². The Morgan fingerprint density at radius 1 is 1.45 bits per heavy atom. The largest absolute Gasteiger partial charge is 0.433 e. The summed E-state index contributed by atoms with van der Waals surface area (Å²) in [6.45, 7) is 0.210. The van der Waals surface area contributed by atoms with E-state index in [0.29, 0.717) is 18.8 Å². The van der Waals surface area contributed by atoms with Crippen LogP contribution in [-0.4, -0.2) is 48.8 Å². The van der Waals surface area contributed by atoms with Gasteiger partial charge in [0.15, 0.2) is 0 Å². The van der Waals surface area contributed by atoms with Crippen molar-refractivity contribution < 1.29 is 23.4 Å². The Morgan fingerprint density at radius 3 is 2.73 bits per heavy atom. The summed E-state index contributed by atoms with van der Waals surface area (Å²) in [6.07, 6.45) is 0.860. The maximum absolute atomic E-state index is 12.1. The molecular formula is C14H19ClF2N2O3. The fourth-order valence-corrected chi connectivity index (χ4v) is 2.13. The van der Waals surface area contributed by atoms with E-state index in [4.69, 9.17) is 16.7 Å². The lowest BCUT2D eigenvalue weighted by atomic mass is 10.3. The molecule has 1 rings (SSSR count). The molecule has 0 saturated carbocycles. The van der Waals surface area contributed by atoms with Gasteiger partial charge in [-0.2, -0.15) is 8.78 Å². The summed E-state index contributed by atoms with van der Waals surface area (Å²) in [5, 5.41) is 11.5. The van der Waals surface area contributed by atoms with Crippen molar-refractivity contribution >= 4 is 23.2 Å². The first kappa shape index (κ1) is 18.6. The van der Waals surface area contributed by atoms with Crippen molar-refractivity contribution in [3.8, 4) is 5.75 Å². The van der Waals surface area contributed by atoms with Gasteiger partial charge in [-0.05, 0) is 31.2 Å². The summed E-state index contributed by atoms with van der Waals surface area (Å²) in [6, 6.07) is 4.03. The van der Waals surface area contributed by atoms with Gasteiger partial charge >= 0.3 is 6.61 Å². The van der Waals surface area contributed by atoms with E-state index in [9.17, 15) is 13.6 Å². The molecule has 0 heterocycles. The van der Waals surface area contributed by atoms with Crippen molar-refractivity contribution in [1.29, 1.82) is 0 Å². The number of hydrogen-bond acceptors (Lipinski definition) is 4. The number of carbonyl (C=O) groups is 1. The van der Waals surface area contributed by atoms with Gasteiger partial charge in [0.25, 0.3) is 0 Å². The van der Waals surface area contributed by atoms with E-state index in [1.165, 1.54) is 18.2 Å². The summed E-state index contributed by atoms with van der Waals surface area (Å²) in [7, 11) is 0. The molecule has 0 bridgehead atoms. The molecule has 0 saturated heterocycles. The zero-order valence-electron chi connectivity index (χ0n) is 12.2. The molecule has 0 aliphatic rings. The number of halogens is 3. The monoisotopic (exact) mass is 336 g/mol. The molecule has 22 heavy (non-hydrogen) atoms. The number of benzene rings is 1. The minimum Gasteiger partial charge on any atom is -0.433 e. The Morgan fingerprint density at radius 2 is 2.18 bits per heavy atom. The lowest BCUT2D eigenvalue weighted by Gasteiger charge is -2.19. The molecule has 0 fully saturated rings. The van der Waals surface area contributed by atoms with Crippen molar-refractivity contribution in [2.75, 3.05) is 31.6 Å². The van der Waals surface area contributed by atoms with Crippen LogP contribution < -0.4 is 10.1 Å². The molecule has 0 atom stereocenters. The summed E-state index contributed by atoms with van der Waals surface area (Å²) < 4.78 is 28.5. The van der Waals surface area contributed by atoms with E-state index in [1.807, 2.05) is 11.8 Å². The van der Waals surface area contributed by atoms with Crippen molar-refractivity contribution in [2.45, 2.75) is 20.0 Å². The number of ether oxygens (including phenoxy) is 1. The highest BCUT2D eigenvalue weighted by atomic mass is 35.5. The lowest BCUT2D eigenvalue weighted by molar-refractivity contribution is -0.117. The van der Waals surface area contributed by atoms with Gasteiger partial charge in [-0.1, -0.05) is 18.5 Å². The van der Waals surface area contributed by atoms with Crippen molar-refractivity contribution in [3.63, 3.8) is 0 Å². The molecular weight excluding hydrogens is 318 g/mol. The molecule has 2 N–H and O–H groups in total. The first-order chi connectivity index (χ1) is 10.5. The highest BCUT2D eigenvalue weighted by Crippen LogP contribution is 2.28. The lowest BCUT2D eigenvalue weighted by Crippen LogP contribution is -2.35. The Labute approximate surface area is 132 Å². The van der Waals surface area contributed by atoms with Crippen LogP contribution in [-0.2, 0) is 4.79 Å². The van der Waals surface area contributed by atoms with Crippen LogP contribution in [0.2, 0.25) is 5.02 Å². The number of carbonyl (C=O) groups excluding carboxylic acids is 1. The van der Waals surface area contributed by atoms with Crippen LogP contribution in [0.4, 0.5) is 14.5 Å². The molecule has 124 valence electrons. The Balaban J connectivity index is 2.62. The minimum atomic E-state index is -2.96. The third-order valence-electron chi connectivity index (χ3n) is 2.75. The molecule has 1 aromatic rings. The van der Waals surface area contributed by atoms with Gasteiger partial charge in [0.1, 0.15) is 5.75 Å².